The second kappa shape index (κ2) is 11.3. The van der Waals surface area contributed by atoms with Gasteiger partial charge in [-0.3, -0.25) is 9.59 Å². The van der Waals surface area contributed by atoms with E-state index in [1.165, 1.54) is 22.3 Å². The van der Waals surface area contributed by atoms with Gasteiger partial charge in [-0.05, 0) is 42.5 Å². The van der Waals surface area contributed by atoms with Crippen molar-refractivity contribution in [1.29, 1.82) is 0 Å². The van der Waals surface area contributed by atoms with E-state index in [2.05, 4.69) is 29.6 Å². The molecule has 0 spiro atoms. The van der Waals surface area contributed by atoms with E-state index >= 15 is 0 Å². The van der Waals surface area contributed by atoms with Crippen LogP contribution in [-0.2, 0) is 14.3 Å². The zero-order chi connectivity index (χ0) is 23.8. The normalized spacial score (nSPS) is 15.3. The molecular formula is C27H28N2O5. The van der Waals surface area contributed by atoms with Gasteiger partial charge in [0, 0.05) is 19.0 Å². The molecule has 0 unspecified atom stereocenters. The molecule has 0 radical (unpaired) electrons. The van der Waals surface area contributed by atoms with Crippen LogP contribution < -0.4 is 5.32 Å². The number of nitrogens with zero attached hydrogens (tertiary/aromatic N) is 1. The Bertz CT molecular complexity index is 1040. The number of likely N-dealkylation sites (tertiary alicyclic amines) is 1. The van der Waals surface area contributed by atoms with E-state index in [1.54, 1.807) is 12.1 Å². The fourth-order valence-corrected chi connectivity index (χ4v) is 4.33. The van der Waals surface area contributed by atoms with Crippen LogP contribution in [-0.4, -0.2) is 48.4 Å². The summed E-state index contributed by atoms with van der Waals surface area (Å²) >= 11 is 0. The monoisotopic (exact) mass is 460 g/mol. The molecule has 7 nitrogen and oxygen atoms in total. The number of furan rings is 1. The van der Waals surface area contributed by atoms with Crippen molar-refractivity contribution in [3.05, 3.63) is 95.9 Å². The van der Waals surface area contributed by atoms with Crippen LogP contribution in [0.4, 0.5) is 0 Å². The van der Waals surface area contributed by atoms with Crippen molar-refractivity contribution >= 4 is 17.8 Å². The second-order valence-electron chi connectivity index (χ2n) is 8.25. The van der Waals surface area contributed by atoms with Gasteiger partial charge in [0.2, 0.25) is 0 Å². The van der Waals surface area contributed by atoms with Gasteiger partial charge in [-0.2, -0.15) is 0 Å². The lowest BCUT2D eigenvalue weighted by Crippen LogP contribution is -2.42. The Morgan fingerprint density at radius 3 is 2.26 bits per heavy atom. The summed E-state index contributed by atoms with van der Waals surface area (Å²) in [6.45, 7) is 0.517. The molecule has 3 aromatic rings. The molecule has 4 rings (SSSR count). The highest BCUT2D eigenvalue weighted by Crippen LogP contribution is 2.27. The number of carbonyl (C=O) groups excluding carboxylic acids is 3. The summed E-state index contributed by atoms with van der Waals surface area (Å²) in [6, 6.07) is 22.8. The number of hydrogen-bond donors (Lipinski definition) is 1. The van der Waals surface area contributed by atoms with Gasteiger partial charge in [-0.25, -0.2) is 4.79 Å². The third-order valence-corrected chi connectivity index (χ3v) is 6.02. The van der Waals surface area contributed by atoms with Gasteiger partial charge in [-0.15, -0.1) is 0 Å². The number of nitrogens with one attached hydrogen (secondary N) is 1. The van der Waals surface area contributed by atoms with Crippen LogP contribution in [0, 0.1) is 0 Å². The molecule has 1 fully saturated rings. The summed E-state index contributed by atoms with van der Waals surface area (Å²) in [7, 11) is 0. The third-order valence-electron chi connectivity index (χ3n) is 6.02. The third kappa shape index (κ3) is 5.73. The van der Waals surface area contributed by atoms with E-state index < -0.39 is 12.0 Å². The van der Waals surface area contributed by atoms with E-state index in [0.717, 1.165) is 0 Å². The highest BCUT2D eigenvalue weighted by molar-refractivity contribution is 5.95. The first kappa shape index (κ1) is 23.3. The number of ether oxygens (including phenoxy) is 1. The predicted octanol–water partition coefficient (Wildman–Crippen LogP) is 3.77. The highest BCUT2D eigenvalue weighted by atomic mass is 16.5. The Morgan fingerprint density at radius 1 is 0.971 bits per heavy atom. The first-order chi connectivity index (χ1) is 16.6. The highest BCUT2D eigenvalue weighted by Gasteiger charge is 2.36. The number of amides is 2. The molecule has 1 aromatic heterocycles. The predicted molar refractivity (Wildman–Crippen MR) is 126 cm³/mol. The van der Waals surface area contributed by atoms with Gasteiger partial charge < -0.3 is 19.4 Å². The van der Waals surface area contributed by atoms with Crippen molar-refractivity contribution in [2.75, 3.05) is 19.7 Å². The number of rotatable bonds is 9. The van der Waals surface area contributed by atoms with Gasteiger partial charge in [-0.1, -0.05) is 60.7 Å². The van der Waals surface area contributed by atoms with Gasteiger partial charge in [0.25, 0.3) is 11.8 Å². The fraction of sp³-hybridized carbons (Fsp3) is 0.296. The average Bonchev–Trinajstić information content (AvgIpc) is 3.59. The topological polar surface area (TPSA) is 88.9 Å². The molecule has 1 atom stereocenters. The molecule has 1 aliphatic heterocycles. The van der Waals surface area contributed by atoms with Crippen molar-refractivity contribution in [2.24, 2.45) is 0 Å². The molecule has 1 N–H and O–H groups in total. The number of hydrogen-bond acceptors (Lipinski definition) is 5. The minimum Gasteiger partial charge on any atom is -0.459 e. The van der Waals surface area contributed by atoms with Gasteiger partial charge in [0.05, 0.1) is 6.26 Å². The van der Waals surface area contributed by atoms with Crippen LogP contribution >= 0.6 is 0 Å². The lowest BCUT2D eigenvalue weighted by Gasteiger charge is -2.22. The van der Waals surface area contributed by atoms with E-state index in [9.17, 15) is 14.4 Å². The Hall–Kier alpha value is -3.87. The van der Waals surface area contributed by atoms with Crippen LogP contribution in [0.2, 0.25) is 0 Å². The smallest absolute Gasteiger partial charge is 0.329 e. The van der Waals surface area contributed by atoms with Crippen LogP contribution in [0.3, 0.4) is 0 Å². The Labute approximate surface area is 198 Å². The van der Waals surface area contributed by atoms with Crippen LogP contribution in [0.1, 0.15) is 46.9 Å². The average molecular weight is 461 g/mol. The van der Waals surface area contributed by atoms with Crippen molar-refractivity contribution in [1.82, 2.24) is 10.2 Å². The summed E-state index contributed by atoms with van der Waals surface area (Å²) in [5.41, 5.74) is 2.36. The van der Waals surface area contributed by atoms with Gasteiger partial charge in [0.15, 0.2) is 12.4 Å². The maximum atomic E-state index is 12.6. The van der Waals surface area contributed by atoms with Crippen molar-refractivity contribution < 1.29 is 23.5 Å². The molecule has 0 aliphatic carbocycles. The summed E-state index contributed by atoms with van der Waals surface area (Å²) < 4.78 is 10.4. The number of benzene rings is 2. The van der Waals surface area contributed by atoms with Crippen LogP contribution in [0.25, 0.3) is 0 Å². The first-order valence-corrected chi connectivity index (χ1v) is 11.5. The minimum atomic E-state index is -0.703. The summed E-state index contributed by atoms with van der Waals surface area (Å²) in [5, 5.41) is 2.84. The molecule has 2 amide bonds. The molecule has 7 heteroatoms. The maximum absolute atomic E-state index is 12.6. The molecule has 34 heavy (non-hydrogen) atoms. The number of carbonyl (C=O) groups is 3. The largest absolute Gasteiger partial charge is 0.459 e. The molecule has 0 saturated carbocycles. The standard InChI is InChI=1S/C27H28N2O5/c30-25(19-34-27(32)23-13-7-17-29(23)26(31)24-14-8-18-33-24)28-16-15-22(20-9-3-1-4-10-20)21-11-5-2-6-12-21/h1-6,8-12,14,18,22-23H,7,13,15-17,19H2,(H,28,30)/t23-/m0/s1. The molecule has 176 valence electrons. The van der Waals surface area contributed by atoms with E-state index in [4.69, 9.17) is 9.15 Å². The van der Waals surface area contributed by atoms with E-state index in [0.29, 0.717) is 32.4 Å². The molecule has 2 aromatic carbocycles. The maximum Gasteiger partial charge on any atom is 0.329 e. The Balaban J connectivity index is 1.26. The Kier molecular flexibility index (Phi) is 7.75. The minimum absolute atomic E-state index is 0.143. The van der Waals surface area contributed by atoms with E-state index in [-0.39, 0.29) is 30.1 Å². The lowest BCUT2D eigenvalue weighted by molar-refractivity contribution is -0.152. The number of esters is 1. The molecule has 1 saturated heterocycles. The fourth-order valence-electron chi connectivity index (χ4n) is 4.33. The zero-order valence-corrected chi connectivity index (χ0v) is 18.9. The van der Waals surface area contributed by atoms with Gasteiger partial charge in [0.1, 0.15) is 6.04 Å². The molecular weight excluding hydrogens is 432 g/mol. The summed E-state index contributed by atoms with van der Waals surface area (Å²) in [4.78, 5) is 38.9. The lowest BCUT2D eigenvalue weighted by atomic mass is 9.88. The first-order valence-electron chi connectivity index (χ1n) is 11.5. The van der Waals surface area contributed by atoms with Crippen molar-refractivity contribution in [2.45, 2.75) is 31.2 Å². The second-order valence-corrected chi connectivity index (χ2v) is 8.25. The molecule has 1 aliphatic rings. The molecule has 0 bridgehead atoms. The summed E-state index contributed by atoms with van der Waals surface area (Å²) in [5.74, 6) is -0.954. The van der Waals surface area contributed by atoms with Crippen molar-refractivity contribution in [3.8, 4) is 0 Å². The molecule has 2 heterocycles. The Morgan fingerprint density at radius 2 is 1.65 bits per heavy atom. The van der Waals surface area contributed by atoms with Gasteiger partial charge >= 0.3 is 5.97 Å². The van der Waals surface area contributed by atoms with Crippen LogP contribution in [0.5, 0.6) is 0 Å². The quantitative estimate of drug-likeness (QED) is 0.491. The SMILES string of the molecule is O=C(COC(=O)[C@@H]1CCCN1C(=O)c1ccco1)NCCC(c1ccccc1)c1ccccc1. The van der Waals surface area contributed by atoms with E-state index in [1.807, 2.05) is 36.4 Å². The van der Waals surface area contributed by atoms with Crippen LogP contribution in [0.15, 0.2) is 83.5 Å². The zero-order valence-electron chi connectivity index (χ0n) is 18.9. The van der Waals surface area contributed by atoms with Crippen molar-refractivity contribution in [3.63, 3.8) is 0 Å². The summed E-state index contributed by atoms with van der Waals surface area (Å²) in [6.07, 6.45) is 3.32.